The SMILES string of the molecule is CN(C)c1ccc(CNCc2cc(C(F)(F)F)n(C)n2)cc1.Cl.Cl. The summed E-state index contributed by atoms with van der Waals surface area (Å²) >= 11 is 0. The molecule has 4 nitrogen and oxygen atoms in total. The van der Waals surface area contributed by atoms with E-state index in [9.17, 15) is 13.2 Å². The lowest BCUT2D eigenvalue weighted by Gasteiger charge is -2.12. The third-order valence-corrected chi connectivity index (χ3v) is 3.31. The van der Waals surface area contributed by atoms with Gasteiger partial charge in [-0.15, -0.1) is 24.8 Å². The fraction of sp³-hybridized carbons (Fsp3) is 0.400. The molecule has 0 saturated heterocycles. The third-order valence-electron chi connectivity index (χ3n) is 3.31. The van der Waals surface area contributed by atoms with Gasteiger partial charge < -0.3 is 10.2 Å². The summed E-state index contributed by atoms with van der Waals surface area (Å²) in [5, 5.41) is 6.97. The van der Waals surface area contributed by atoms with Crippen LogP contribution in [0.3, 0.4) is 0 Å². The van der Waals surface area contributed by atoms with Crippen LogP contribution in [0.5, 0.6) is 0 Å². The van der Waals surface area contributed by atoms with E-state index in [4.69, 9.17) is 0 Å². The zero-order valence-electron chi connectivity index (χ0n) is 13.6. The zero-order valence-corrected chi connectivity index (χ0v) is 15.2. The maximum atomic E-state index is 12.7. The van der Waals surface area contributed by atoms with Crippen molar-refractivity contribution in [1.29, 1.82) is 0 Å². The zero-order chi connectivity index (χ0) is 16.3. The number of nitrogens with one attached hydrogen (secondary N) is 1. The van der Waals surface area contributed by atoms with E-state index in [1.54, 1.807) is 0 Å². The highest BCUT2D eigenvalue weighted by Gasteiger charge is 2.34. The Kier molecular flexibility index (Phi) is 8.60. The van der Waals surface area contributed by atoms with Crippen LogP contribution in [-0.2, 0) is 26.3 Å². The maximum Gasteiger partial charge on any atom is 0.433 e. The number of hydrogen-bond donors (Lipinski definition) is 1. The normalized spacial score (nSPS) is 10.8. The molecule has 0 fully saturated rings. The number of nitrogens with zero attached hydrogens (tertiary/aromatic N) is 3. The lowest BCUT2D eigenvalue weighted by Crippen LogP contribution is -2.13. The summed E-state index contributed by atoms with van der Waals surface area (Å²) in [7, 11) is 5.23. The minimum absolute atomic E-state index is 0. The molecule has 0 bridgehead atoms. The van der Waals surface area contributed by atoms with E-state index in [1.165, 1.54) is 7.05 Å². The molecule has 136 valence electrons. The van der Waals surface area contributed by atoms with Crippen LogP contribution in [0.25, 0.3) is 0 Å². The lowest BCUT2D eigenvalue weighted by atomic mass is 10.2. The van der Waals surface area contributed by atoms with Crippen LogP contribution in [0, 0.1) is 0 Å². The van der Waals surface area contributed by atoms with Gasteiger partial charge >= 0.3 is 6.18 Å². The van der Waals surface area contributed by atoms with Gasteiger partial charge in [-0.25, -0.2) is 0 Å². The Morgan fingerprint density at radius 1 is 1.08 bits per heavy atom. The Balaban J connectivity index is 0.00000264. The molecule has 0 radical (unpaired) electrons. The van der Waals surface area contributed by atoms with E-state index in [0.717, 1.165) is 22.0 Å². The van der Waals surface area contributed by atoms with Crippen molar-refractivity contribution in [2.45, 2.75) is 19.3 Å². The smallest absolute Gasteiger partial charge is 0.378 e. The van der Waals surface area contributed by atoms with Crippen LogP contribution in [-0.4, -0.2) is 23.9 Å². The largest absolute Gasteiger partial charge is 0.433 e. The molecule has 0 atom stereocenters. The molecule has 0 aliphatic carbocycles. The Labute approximate surface area is 151 Å². The molecule has 0 aliphatic heterocycles. The average Bonchev–Trinajstić information content (AvgIpc) is 2.80. The van der Waals surface area contributed by atoms with Crippen LogP contribution < -0.4 is 10.2 Å². The number of rotatable bonds is 5. The molecule has 0 unspecified atom stereocenters. The van der Waals surface area contributed by atoms with Crippen molar-refractivity contribution in [2.75, 3.05) is 19.0 Å². The van der Waals surface area contributed by atoms with E-state index in [0.29, 0.717) is 18.8 Å². The van der Waals surface area contributed by atoms with Crippen molar-refractivity contribution in [1.82, 2.24) is 15.1 Å². The molecule has 0 aliphatic rings. The molecule has 0 spiro atoms. The van der Waals surface area contributed by atoms with Gasteiger partial charge in [-0.1, -0.05) is 12.1 Å². The van der Waals surface area contributed by atoms with Crippen LogP contribution in [0.2, 0.25) is 0 Å². The minimum Gasteiger partial charge on any atom is -0.378 e. The van der Waals surface area contributed by atoms with Crippen LogP contribution in [0.15, 0.2) is 30.3 Å². The standard InChI is InChI=1S/C15H19F3N4.2ClH/c1-21(2)13-6-4-11(5-7-13)9-19-10-12-8-14(15(16,17)18)22(3)20-12;;/h4-8,19H,9-10H2,1-3H3;2*1H. The first kappa shape index (κ1) is 22.6. The fourth-order valence-corrected chi connectivity index (χ4v) is 2.13. The predicted octanol–water partition coefficient (Wildman–Crippen LogP) is 3.64. The molecule has 1 aromatic carbocycles. The van der Waals surface area contributed by atoms with Crippen molar-refractivity contribution in [2.24, 2.45) is 7.05 Å². The number of benzene rings is 1. The maximum absolute atomic E-state index is 12.7. The Morgan fingerprint density at radius 2 is 1.67 bits per heavy atom. The second kappa shape index (κ2) is 9.15. The molecule has 24 heavy (non-hydrogen) atoms. The van der Waals surface area contributed by atoms with Gasteiger partial charge in [-0.05, 0) is 23.8 Å². The van der Waals surface area contributed by atoms with Crippen molar-refractivity contribution >= 4 is 30.5 Å². The number of halogens is 5. The molecule has 0 amide bonds. The summed E-state index contributed by atoms with van der Waals surface area (Å²) in [6.07, 6.45) is -4.37. The van der Waals surface area contributed by atoms with E-state index in [-0.39, 0.29) is 24.8 Å². The summed E-state index contributed by atoms with van der Waals surface area (Å²) in [6.45, 7) is 0.866. The molecule has 9 heteroatoms. The van der Waals surface area contributed by atoms with Gasteiger partial charge in [-0.3, -0.25) is 4.68 Å². The Hall–Kier alpha value is -1.44. The highest BCUT2D eigenvalue weighted by atomic mass is 35.5. The first-order valence-corrected chi connectivity index (χ1v) is 6.84. The van der Waals surface area contributed by atoms with Gasteiger partial charge in [0.25, 0.3) is 0 Å². The summed E-state index contributed by atoms with van der Waals surface area (Å²) < 4.78 is 38.9. The van der Waals surface area contributed by atoms with Crippen LogP contribution in [0.1, 0.15) is 17.0 Å². The van der Waals surface area contributed by atoms with Crippen molar-refractivity contribution in [3.8, 4) is 0 Å². The summed E-state index contributed by atoms with van der Waals surface area (Å²) in [5.41, 5.74) is 1.81. The molecular formula is C15H21Cl2F3N4. The molecule has 1 aromatic heterocycles. The van der Waals surface area contributed by atoms with E-state index < -0.39 is 11.9 Å². The van der Waals surface area contributed by atoms with Gasteiger partial charge in [0.15, 0.2) is 0 Å². The molecule has 0 saturated carbocycles. The number of hydrogen-bond acceptors (Lipinski definition) is 3. The average molecular weight is 385 g/mol. The third kappa shape index (κ3) is 5.89. The van der Waals surface area contributed by atoms with Gasteiger partial charge in [0, 0.05) is 39.9 Å². The Morgan fingerprint density at radius 3 is 2.12 bits per heavy atom. The van der Waals surface area contributed by atoms with Crippen molar-refractivity contribution in [3.63, 3.8) is 0 Å². The van der Waals surface area contributed by atoms with E-state index in [2.05, 4.69) is 10.4 Å². The highest BCUT2D eigenvalue weighted by molar-refractivity contribution is 5.85. The first-order valence-electron chi connectivity index (χ1n) is 6.84. The number of anilines is 1. The fourth-order valence-electron chi connectivity index (χ4n) is 2.13. The van der Waals surface area contributed by atoms with Crippen molar-refractivity contribution in [3.05, 3.63) is 47.3 Å². The predicted molar refractivity (Wildman–Crippen MR) is 94.0 cm³/mol. The monoisotopic (exact) mass is 384 g/mol. The van der Waals surface area contributed by atoms with Crippen LogP contribution in [0.4, 0.5) is 18.9 Å². The van der Waals surface area contributed by atoms with Crippen molar-refractivity contribution < 1.29 is 13.2 Å². The van der Waals surface area contributed by atoms with Gasteiger partial charge in [0.05, 0.1) is 5.69 Å². The summed E-state index contributed by atoms with van der Waals surface area (Å²) in [5.74, 6) is 0. The van der Waals surface area contributed by atoms with E-state index >= 15 is 0 Å². The number of aryl methyl sites for hydroxylation is 1. The molecule has 1 heterocycles. The lowest BCUT2D eigenvalue weighted by molar-refractivity contribution is -0.143. The molecule has 2 aromatic rings. The van der Waals surface area contributed by atoms with Crippen LogP contribution >= 0.6 is 24.8 Å². The van der Waals surface area contributed by atoms with Gasteiger partial charge in [-0.2, -0.15) is 18.3 Å². The molecular weight excluding hydrogens is 364 g/mol. The quantitative estimate of drug-likeness (QED) is 0.853. The second-order valence-corrected chi connectivity index (χ2v) is 5.31. The summed E-state index contributed by atoms with van der Waals surface area (Å²) in [6, 6.07) is 9.05. The first-order chi connectivity index (χ1) is 10.3. The minimum atomic E-state index is -4.37. The highest BCUT2D eigenvalue weighted by Crippen LogP contribution is 2.29. The number of alkyl halides is 3. The molecule has 1 N–H and O–H groups in total. The van der Waals surface area contributed by atoms with E-state index in [1.807, 2.05) is 43.3 Å². The molecule has 2 rings (SSSR count). The topological polar surface area (TPSA) is 33.1 Å². The number of aromatic nitrogens is 2. The summed E-state index contributed by atoms with van der Waals surface area (Å²) in [4.78, 5) is 2.00. The Bertz CT molecular complexity index is 625. The van der Waals surface area contributed by atoms with Gasteiger partial charge in [0.2, 0.25) is 0 Å². The second-order valence-electron chi connectivity index (χ2n) is 5.31. The van der Waals surface area contributed by atoms with Gasteiger partial charge in [0.1, 0.15) is 5.69 Å².